The summed E-state index contributed by atoms with van der Waals surface area (Å²) in [6.45, 7) is 0.331. The fourth-order valence-corrected chi connectivity index (χ4v) is 7.34. The molecule has 3 N–H and O–H groups in total. The second kappa shape index (κ2) is 14.4. The molecule has 0 atom stereocenters. The minimum Gasteiger partial charge on any atom is -0.507 e. The first kappa shape index (κ1) is 32.8. The normalized spacial score (nSPS) is 11.6. The lowest BCUT2D eigenvalue weighted by atomic mass is 9.97. The van der Waals surface area contributed by atoms with Crippen LogP contribution in [0, 0.1) is 0 Å². The molecular weight excluding hydrogens is 648 g/mol. The first-order valence-corrected chi connectivity index (χ1v) is 17.2. The summed E-state index contributed by atoms with van der Waals surface area (Å²) in [7, 11) is -4.01. The number of rotatable bonds is 13. The van der Waals surface area contributed by atoms with Crippen LogP contribution in [0.25, 0.3) is 10.9 Å². The van der Waals surface area contributed by atoms with E-state index in [1.54, 1.807) is 24.3 Å². The van der Waals surface area contributed by atoms with Crippen molar-refractivity contribution >= 4 is 38.5 Å². The Balaban J connectivity index is 1.44. The molecule has 1 heterocycles. The molecule has 8 nitrogen and oxygen atoms in total. The summed E-state index contributed by atoms with van der Waals surface area (Å²) in [5, 5.41) is 21.0. The Bertz CT molecular complexity index is 2110. The molecular formula is C38H33ClN2O6S. The number of halogens is 1. The molecule has 0 saturated heterocycles. The van der Waals surface area contributed by atoms with E-state index in [1.165, 1.54) is 24.3 Å². The number of carboxylic acid groups (broad SMARTS) is 1. The minimum absolute atomic E-state index is 0.0571. The van der Waals surface area contributed by atoms with Gasteiger partial charge in [-0.05, 0) is 71.3 Å². The molecule has 0 aliphatic rings. The molecule has 48 heavy (non-hydrogen) atoms. The zero-order valence-corrected chi connectivity index (χ0v) is 27.4. The van der Waals surface area contributed by atoms with Crippen molar-refractivity contribution < 1.29 is 28.2 Å². The summed E-state index contributed by atoms with van der Waals surface area (Å²) >= 11 is 6.58. The number of carboxylic acids is 1. The van der Waals surface area contributed by atoms with E-state index < -0.39 is 16.0 Å². The maximum atomic E-state index is 13.2. The molecule has 0 radical (unpaired) electrons. The van der Waals surface area contributed by atoms with E-state index in [2.05, 4.69) is 33.6 Å². The standard InChI is InChI=1S/C38H33ClN2O6S/c39-29-17-20-33-32(25-29)31(22-24-47-30-18-15-28(16-19-30)38(43)44)34(21-23-40-48(45,46)36-14-8-7-13-35(36)42)41(33)37(26-9-3-1-4-10-26)27-11-5-2-6-12-27/h1-20,25,37,40,42H,21-24H2,(H,43,44). The number of aromatic carboxylic acids is 1. The van der Waals surface area contributed by atoms with Gasteiger partial charge in [-0.2, -0.15) is 0 Å². The molecule has 0 spiro atoms. The van der Waals surface area contributed by atoms with Crippen molar-refractivity contribution in [2.45, 2.75) is 23.8 Å². The van der Waals surface area contributed by atoms with Crippen LogP contribution in [0.4, 0.5) is 0 Å². The average Bonchev–Trinajstić information content (AvgIpc) is 3.37. The van der Waals surface area contributed by atoms with E-state index in [-0.39, 0.29) is 35.4 Å². The highest BCUT2D eigenvalue weighted by atomic mass is 35.5. The van der Waals surface area contributed by atoms with Crippen molar-refractivity contribution in [3.8, 4) is 11.5 Å². The van der Waals surface area contributed by atoms with Gasteiger partial charge in [0.25, 0.3) is 0 Å². The highest BCUT2D eigenvalue weighted by Crippen LogP contribution is 2.38. The van der Waals surface area contributed by atoms with Gasteiger partial charge in [-0.3, -0.25) is 0 Å². The lowest BCUT2D eigenvalue weighted by molar-refractivity contribution is 0.0696. The van der Waals surface area contributed by atoms with Crippen molar-refractivity contribution in [3.63, 3.8) is 0 Å². The Hall–Kier alpha value is -5.09. The molecule has 5 aromatic carbocycles. The van der Waals surface area contributed by atoms with Gasteiger partial charge in [0.2, 0.25) is 10.0 Å². The first-order chi connectivity index (χ1) is 23.2. The number of sulfonamides is 1. The summed E-state index contributed by atoms with van der Waals surface area (Å²) in [6, 6.07) is 37.8. The monoisotopic (exact) mass is 680 g/mol. The lowest BCUT2D eigenvalue weighted by Gasteiger charge is -2.25. The number of phenols is 1. The van der Waals surface area contributed by atoms with Crippen LogP contribution in [0.5, 0.6) is 11.5 Å². The van der Waals surface area contributed by atoms with E-state index >= 15 is 0 Å². The quantitative estimate of drug-likeness (QED) is 0.116. The maximum absolute atomic E-state index is 13.2. The van der Waals surface area contributed by atoms with Gasteiger partial charge >= 0.3 is 5.97 Å². The third-order valence-corrected chi connectivity index (χ3v) is 9.95. The molecule has 0 fully saturated rings. The molecule has 6 rings (SSSR count). The van der Waals surface area contributed by atoms with Crippen molar-refractivity contribution in [1.29, 1.82) is 0 Å². The summed E-state index contributed by atoms with van der Waals surface area (Å²) in [5.41, 5.74) is 5.04. The maximum Gasteiger partial charge on any atom is 0.335 e. The van der Waals surface area contributed by atoms with Gasteiger partial charge in [-0.25, -0.2) is 17.9 Å². The predicted octanol–water partition coefficient (Wildman–Crippen LogP) is 7.48. The van der Waals surface area contributed by atoms with Gasteiger partial charge < -0.3 is 19.5 Å². The smallest absolute Gasteiger partial charge is 0.335 e. The fourth-order valence-electron chi connectivity index (χ4n) is 6.04. The molecule has 6 aromatic rings. The fraction of sp³-hybridized carbons (Fsp3) is 0.132. The Morgan fingerprint density at radius 2 is 1.44 bits per heavy atom. The summed E-state index contributed by atoms with van der Waals surface area (Å²) in [4.78, 5) is 11.1. The predicted molar refractivity (Wildman–Crippen MR) is 187 cm³/mol. The van der Waals surface area contributed by atoms with E-state index in [1.807, 2.05) is 54.6 Å². The number of benzene rings is 5. The molecule has 0 aliphatic heterocycles. The largest absolute Gasteiger partial charge is 0.507 e. The Labute approximate surface area is 283 Å². The van der Waals surface area contributed by atoms with Crippen molar-refractivity contribution in [3.05, 3.63) is 160 Å². The molecule has 0 saturated carbocycles. The molecule has 0 amide bonds. The van der Waals surface area contributed by atoms with E-state index in [4.69, 9.17) is 16.3 Å². The van der Waals surface area contributed by atoms with Crippen molar-refractivity contribution in [1.82, 2.24) is 9.29 Å². The van der Waals surface area contributed by atoms with Crippen molar-refractivity contribution in [2.75, 3.05) is 13.2 Å². The van der Waals surface area contributed by atoms with Crippen LogP contribution in [-0.2, 0) is 22.9 Å². The molecule has 0 unspecified atom stereocenters. The Kier molecular flexibility index (Phi) is 9.82. The average molecular weight is 681 g/mol. The number of aromatic nitrogens is 1. The van der Waals surface area contributed by atoms with Crippen LogP contribution in [0.1, 0.15) is 38.8 Å². The van der Waals surface area contributed by atoms with E-state index in [9.17, 15) is 23.4 Å². The summed E-state index contributed by atoms with van der Waals surface area (Å²) in [5.74, 6) is -0.804. The van der Waals surface area contributed by atoms with Crippen LogP contribution in [-0.4, -0.2) is 42.3 Å². The number of aromatic hydroxyl groups is 1. The van der Waals surface area contributed by atoms with E-state index in [0.717, 1.165) is 33.3 Å². The lowest BCUT2D eigenvalue weighted by Crippen LogP contribution is -2.27. The third-order valence-electron chi connectivity index (χ3n) is 8.20. The van der Waals surface area contributed by atoms with Gasteiger partial charge in [0.15, 0.2) is 0 Å². The number of phenolic OH excluding ortho intramolecular Hbond substituents is 1. The van der Waals surface area contributed by atoms with Crippen LogP contribution in [0.15, 0.2) is 132 Å². The molecule has 0 aliphatic carbocycles. The molecule has 0 bridgehead atoms. The van der Waals surface area contributed by atoms with Gasteiger partial charge in [-0.1, -0.05) is 84.4 Å². The zero-order valence-electron chi connectivity index (χ0n) is 25.8. The third kappa shape index (κ3) is 7.08. The Morgan fingerprint density at radius 3 is 2.06 bits per heavy atom. The number of hydrogen-bond donors (Lipinski definition) is 3. The highest BCUT2D eigenvalue weighted by Gasteiger charge is 2.26. The summed E-state index contributed by atoms with van der Waals surface area (Å²) in [6.07, 6.45) is 0.778. The second-order valence-electron chi connectivity index (χ2n) is 11.2. The first-order valence-electron chi connectivity index (χ1n) is 15.4. The van der Waals surface area contributed by atoms with Crippen LogP contribution in [0.2, 0.25) is 5.02 Å². The number of para-hydroxylation sites is 1. The van der Waals surface area contributed by atoms with E-state index in [0.29, 0.717) is 23.6 Å². The van der Waals surface area contributed by atoms with Gasteiger partial charge in [0, 0.05) is 41.0 Å². The molecule has 244 valence electrons. The van der Waals surface area contributed by atoms with Crippen LogP contribution >= 0.6 is 11.6 Å². The molecule has 10 heteroatoms. The highest BCUT2D eigenvalue weighted by molar-refractivity contribution is 7.89. The number of carbonyl (C=O) groups is 1. The number of fused-ring (bicyclic) bond motifs is 1. The van der Waals surface area contributed by atoms with Crippen molar-refractivity contribution in [2.24, 2.45) is 0 Å². The van der Waals surface area contributed by atoms with Crippen LogP contribution in [0.3, 0.4) is 0 Å². The topological polar surface area (TPSA) is 118 Å². The Morgan fingerprint density at radius 1 is 0.812 bits per heavy atom. The number of nitrogens with zero attached hydrogens (tertiary/aromatic N) is 1. The van der Waals surface area contributed by atoms with Crippen LogP contribution < -0.4 is 9.46 Å². The molecule has 1 aromatic heterocycles. The van der Waals surface area contributed by atoms with Gasteiger partial charge in [0.05, 0.1) is 18.2 Å². The summed E-state index contributed by atoms with van der Waals surface area (Å²) < 4.78 is 37.5. The zero-order chi connectivity index (χ0) is 33.7. The second-order valence-corrected chi connectivity index (χ2v) is 13.4. The SMILES string of the molecule is O=C(O)c1ccc(OCCc2c(CCNS(=O)(=O)c3ccccc3O)n(C(c3ccccc3)c3ccccc3)c3ccc(Cl)cc23)cc1. The van der Waals surface area contributed by atoms with Gasteiger partial charge in [-0.15, -0.1) is 0 Å². The number of ether oxygens (including phenoxy) is 1. The number of hydrogen-bond acceptors (Lipinski definition) is 5. The number of nitrogens with one attached hydrogen (secondary N) is 1. The minimum atomic E-state index is -4.01. The van der Waals surface area contributed by atoms with Gasteiger partial charge in [0.1, 0.15) is 16.4 Å².